The largest absolute Gasteiger partial charge is 0.448 e. The van der Waals surface area contributed by atoms with Gasteiger partial charge in [0, 0.05) is 5.69 Å². The molecule has 3 N–H and O–H groups in total. The molecule has 140 valence electrons. The molecule has 4 rings (SSSR count). The lowest BCUT2D eigenvalue weighted by Crippen LogP contribution is -2.24. The van der Waals surface area contributed by atoms with E-state index in [1.807, 2.05) is 24.3 Å². The molecule has 7 nitrogen and oxygen atoms in total. The van der Waals surface area contributed by atoms with Crippen molar-refractivity contribution < 1.29 is 13.6 Å². The first-order chi connectivity index (χ1) is 13.7. The number of anilines is 1. The number of carbonyl (C=O) groups excluding carboxylic acids is 1. The zero-order chi connectivity index (χ0) is 19.3. The quantitative estimate of drug-likeness (QED) is 0.340. The Balaban J connectivity index is 1.32. The van der Waals surface area contributed by atoms with Crippen LogP contribution in [0.25, 0.3) is 11.0 Å². The fourth-order valence-corrected chi connectivity index (χ4v) is 3.15. The van der Waals surface area contributed by atoms with Gasteiger partial charge in [0.05, 0.1) is 17.2 Å². The van der Waals surface area contributed by atoms with Crippen molar-refractivity contribution in [3.8, 4) is 0 Å². The standard InChI is InChI=1S/C19H14FN5O2S/c20-12-5-7-13(8-6-12)22-18(26)25-21-11-14-9-10-17(27-14)28-19-23-15-3-1-2-4-16(15)24-19/h1-11H,(H,23,24)(H2,22,25,26)/b21-11+. The number of H-pyrrole nitrogens is 1. The number of hydrazone groups is 1. The molecule has 2 aromatic carbocycles. The van der Waals surface area contributed by atoms with Gasteiger partial charge in [0.15, 0.2) is 10.2 Å². The topological polar surface area (TPSA) is 95.3 Å². The lowest BCUT2D eigenvalue weighted by molar-refractivity contribution is 0.252. The third kappa shape index (κ3) is 4.38. The molecule has 0 saturated carbocycles. The van der Waals surface area contributed by atoms with Gasteiger partial charge in [-0.05, 0) is 60.3 Å². The third-order valence-corrected chi connectivity index (χ3v) is 4.43. The number of aromatic amines is 1. The smallest absolute Gasteiger partial charge is 0.339 e. The van der Waals surface area contributed by atoms with E-state index in [1.54, 1.807) is 12.1 Å². The van der Waals surface area contributed by atoms with E-state index in [9.17, 15) is 9.18 Å². The van der Waals surface area contributed by atoms with Gasteiger partial charge >= 0.3 is 6.03 Å². The number of nitrogens with one attached hydrogen (secondary N) is 3. The van der Waals surface area contributed by atoms with Crippen LogP contribution in [-0.4, -0.2) is 22.2 Å². The van der Waals surface area contributed by atoms with Crippen LogP contribution >= 0.6 is 11.8 Å². The highest BCUT2D eigenvalue weighted by molar-refractivity contribution is 7.99. The molecule has 0 aliphatic carbocycles. The molecule has 0 atom stereocenters. The van der Waals surface area contributed by atoms with Gasteiger partial charge in [0.1, 0.15) is 11.6 Å². The molecule has 0 spiro atoms. The zero-order valence-corrected chi connectivity index (χ0v) is 15.2. The monoisotopic (exact) mass is 395 g/mol. The Morgan fingerprint density at radius 1 is 1.14 bits per heavy atom. The van der Waals surface area contributed by atoms with Crippen molar-refractivity contribution in [3.05, 3.63) is 72.2 Å². The van der Waals surface area contributed by atoms with Gasteiger partial charge in [0.2, 0.25) is 0 Å². The molecule has 4 aromatic rings. The summed E-state index contributed by atoms with van der Waals surface area (Å²) in [5, 5.41) is 7.71. The first kappa shape index (κ1) is 17.8. The average molecular weight is 395 g/mol. The summed E-state index contributed by atoms with van der Waals surface area (Å²) in [7, 11) is 0. The minimum Gasteiger partial charge on any atom is -0.448 e. The average Bonchev–Trinajstić information content (AvgIpc) is 3.30. The molecule has 0 aliphatic heterocycles. The Kier molecular flexibility index (Phi) is 5.07. The van der Waals surface area contributed by atoms with Crippen LogP contribution in [0.2, 0.25) is 0 Å². The summed E-state index contributed by atoms with van der Waals surface area (Å²) in [6.45, 7) is 0. The van der Waals surface area contributed by atoms with E-state index in [0.29, 0.717) is 16.5 Å². The summed E-state index contributed by atoms with van der Waals surface area (Å²) in [6, 6.07) is 16.1. The number of nitrogens with zero attached hydrogens (tertiary/aromatic N) is 2. The van der Waals surface area contributed by atoms with Gasteiger partial charge in [0.25, 0.3) is 0 Å². The first-order valence-electron chi connectivity index (χ1n) is 8.24. The molecule has 0 fully saturated rings. The summed E-state index contributed by atoms with van der Waals surface area (Å²) in [5.41, 5.74) is 4.60. The van der Waals surface area contributed by atoms with E-state index in [1.165, 1.54) is 42.2 Å². The van der Waals surface area contributed by atoms with Crippen LogP contribution in [0.5, 0.6) is 0 Å². The Hall–Kier alpha value is -3.59. The Labute approximate surface area is 163 Å². The van der Waals surface area contributed by atoms with E-state index in [4.69, 9.17) is 4.42 Å². The normalized spacial score (nSPS) is 11.2. The second kappa shape index (κ2) is 7.97. The molecule has 0 aliphatic rings. The second-order valence-corrected chi connectivity index (χ2v) is 6.64. The molecule has 2 amide bonds. The highest BCUT2D eigenvalue weighted by atomic mass is 32.2. The van der Waals surface area contributed by atoms with E-state index < -0.39 is 6.03 Å². The Morgan fingerprint density at radius 3 is 2.79 bits per heavy atom. The molecular weight excluding hydrogens is 381 g/mol. The summed E-state index contributed by atoms with van der Waals surface area (Å²) >= 11 is 1.35. The van der Waals surface area contributed by atoms with Gasteiger partial charge in [-0.15, -0.1) is 0 Å². The molecule has 0 saturated heterocycles. The number of furan rings is 1. The maximum Gasteiger partial charge on any atom is 0.339 e. The van der Waals surface area contributed by atoms with Crippen LogP contribution in [0.4, 0.5) is 14.9 Å². The summed E-state index contributed by atoms with van der Waals surface area (Å²) in [6.07, 6.45) is 1.38. The number of aromatic nitrogens is 2. The molecule has 2 heterocycles. The van der Waals surface area contributed by atoms with Gasteiger partial charge in [-0.25, -0.2) is 19.6 Å². The number of imidazole rings is 1. The predicted molar refractivity (Wildman–Crippen MR) is 105 cm³/mol. The Morgan fingerprint density at radius 2 is 1.96 bits per heavy atom. The van der Waals surface area contributed by atoms with Crippen molar-refractivity contribution >= 4 is 40.7 Å². The van der Waals surface area contributed by atoms with Crippen molar-refractivity contribution in [3.63, 3.8) is 0 Å². The van der Waals surface area contributed by atoms with Crippen LogP contribution in [0.3, 0.4) is 0 Å². The maximum absolute atomic E-state index is 12.8. The number of rotatable bonds is 5. The first-order valence-corrected chi connectivity index (χ1v) is 9.05. The lowest BCUT2D eigenvalue weighted by atomic mass is 10.3. The van der Waals surface area contributed by atoms with Crippen LogP contribution in [0.15, 0.2) is 80.4 Å². The number of hydrogen-bond donors (Lipinski definition) is 3. The van der Waals surface area contributed by atoms with E-state index >= 15 is 0 Å². The maximum atomic E-state index is 12.8. The predicted octanol–water partition coefficient (Wildman–Crippen LogP) is 4.60. The van der Waals surface area contributed by atoms with Crippen LogP contribution in [0, 0.1) is 5.82 Å². The van der Waals surface area contributed by atoms with Gasteiger partial charge in [-0.2, -0.15) is 5.10 Å². The van der Waals surface area contributed by atoms with Crippen LogP contribution < -0.4 is 10.7 Å². The number of halogens is 1. The van der Waals surface area contributed by atoms with Gasteiger partial charge in [-0.3, -0.25) is 0 Å². The number of carbonyl (C=O) groups is 1. The SMILES string of the molecule is O=C(N/N=C/c1ccc(Sc2nc3ccccc3[nH]2)o1)Nc1ccc(F)cc1. The molecule has 28 heavy (non-hydrogen) atoms. The minimum atomic E-state index is -0.550. The zero-order valence-electron chi connectivity index (χ0n) is 14.3. The van der Waals surface area contributed by atoms with Gasteiger partial charge < -0.3 is 14.7 Å². The van der Waals surface area contributed by atoms with Crippen LogP contribution in [-0.2, 0) is 0 Å². The minimum absolute atomic E-state index is 0.377. The molecule has 0 bridgehead atoms. The van der Waals surface area contributed by atoms with E-state index in [0.717, 1.165) is 16.2 Å². The van der Waals surface area contributed by atoms with Crippen molar-refractivity contribution in [2.45, 2.75) is 10.2 Å². The fourth-order valence-electron chi connectivity index (χ4n) is 2.38. The number of fused-ring (bicyclic) bond motifs is 1. The number of benzene rings is 2. The number of urea groups is 1. The third-order valence-electron chi connectivity index (χ3n) is 3.63. The Bertz CT molecular complexity index is 1100. The second-order valence-electron chi connectivity index (χ2n) is 5.65. The molecule has 0 unspecified atom stereocenters. The molecule has 0 radical (unpaired) electrons. The lowest BCUT2D eigenvalue weighted by Gasteiger charge is -2.03. The van der Waals surface area contributed by atoms with Crippen molar-refractivity contribution in [2.24, 2.45) is 5.10 Å². The van der Waals surface area contributed by atoms with Crippen molar-refractivity contribution in [2.75, 3.05) is 5.32 Å². The highest BCUT2D eigenvalue weighted by Gasteiger charge is 2.07. The summed E-state index contributed by atoms with van der Waals surface area (Å²) in [4.78, 5) is 19.4. The van der Waals surface area contributed by atoms with Crippen molar-refractivity contribution in [1.29, 1.82) is 0 Å². The van der Waals surface area contributed by atoms with E-state index in [-0.39, 0.29) is 5.82 Å². The van der Waals surface area contributed by atoms with Crippen molar-refractivity contribution in [1.82, 2.24) is 15.4 Å². The number of para-hydroxylation sites is 2. The summed E-state index contributed by atoms with van der Waals surface area (Å²) in [5.74, 6) is 0.0961. The van der Waals surface area contributed by atoms with Crippen LogP contribution in [0.1, 0.15) is 5.76 Å². The number of hydrogen-bond acceptors (Lipinski definition) is 5. The summed E-state index contributed by atoms with van der Waals surface area (Å²) < 4.78 is 18.5. The molecule has 9 heteroatoms. The highest BCUT2D eigenvalue weighted by Crippen LogP contribution is 2.28. The number of amides is 2. The van der Waals surface area contributed by atoms with E-state index in [2.05, 4.69) is 25.8 Å². The molecular formula is C19H14FN5O2S. The fraction of sp³-hybridized carbons (Fsp3) is 0. The van der Waals surface area contributed by atoms with Gasteiger partial charge in [-0.1, -0.05) is 12.1 Å². The molecule has 2 aromatic heterocycles.